The number of para-hydroxylation sites is 1. The van der Waals surface area contributed by atoms with Gasteiger partial charge < -0.3 is 9.84 Å². The number of hydrogen-bond donors (Lipinski definition) is 1. The van der Waals surface area contributed by atoms with E-state index in [0.29, 0.717) is 17.3 Å². The third kappa shape index (κ3) is 2.53. The zero-order chi connectivity index (χ0) is 13.9. The Morgan fingerprint density at radius 1 is 1.05 bits per heavy atom. The smallest absolute Gasteiger partial charge is 0.227 e. The Balaban J connectivity index is 2.13. The number of hydrogen-bond acceptors (Lipinski definition) is 3. The van der Waals surface area contributed by atoms with Gasteiger partial charge in [0.25, 0.3) is 0 Å². The number of benzene rings is 2. The molecule has 0 bridgehead atoms. The largest absolute Gasteiger partial charge is 0.437 e. The van der Waals surface area contributed by atoms with Crippen LogP contribution in [0.2, 0.25) is 0 Å². The second-order valence-electron chi connectivity index (χ2n) is 4.33. The van der Waals surface area contributed by atoms with Crippen molar-refractivity contribution in [3.8, 4) is 11.6 Å². The Hall–Kier alpha value is -1.91. The Bertz CT molecular complexity index is 758. The number of halogens is 1. The molecule has 20 heavy (non-hydrogen) atoms. The summed E-state index contributed by atoms with van der Waals surface area (Å²) in [7, 11) is 0. The molecule has 0 radical (unpaired) electrons. The zero-order valence-corrected chi connectivity index (χ0v) is 12.2. The van der Waals surface area contributed by atoms with Gasteiger partial charge >= 0.3 is 0 Å². The summed E-state index contributed by atoms with van der Waals surface area (Å²) in [4.78, 5) is 4.36. The molecule has 0 saturated heterocycles. The topological polar surface area (TPSA) is 42.4 Å². The van der Waals surface area contributed by atoms with Crippen molar-refractivity contribution in [3.63, 3.8) is 0 Å². The van der Waals surface area contributed by atoms with Crippen LogP contribution in [0, 0.1) is 0 Å². The summed E-state index contributed by atoms with van der Waals surface area (Å²) >= 11 is 3.45. The van der Waals surface area contributed by atoms with Crippen LogP contribution in [0.4, 0.5) is 0 Å². The van der Waals surface area contributed by atoms with E-state index in [4.69, 9.17) is 4.74 Å². The van der Waals surface area contributed by atoms with Crippen LogP contribution in [0.3, 0.4) is 0 Å². The first-order valence-corrected chi connectivity index (χ1v) is 6.99. The van der Waals surface area contributed by atoms with Crippen LogP contribution in [0.15, 0.2) is 59.1 Å². The fourth-order valence-corrected chi connectivity index (χ4v) is 2.38. The number of fused-ring (bicyclic) bond motifs is 1. The molecule has 0 aliphatic rings. The minimum absolute atomic E-state index is 0.114. The highest BCUT2D eigenvalue weighted by Gasteiger charge is 2.09. The van der Waals surface area contributed by atoms with Crippen molar-refractivity contribution in [2.45, 2.75) is 6.61 Å². The maximum atomic E-state index is 9.31. The van der Waals surface area contributed by atoms with Gasteiger partial charge in [-0.2, -0.15) is 0 Å². The molecule has 0 atom stereocenters. The summed E-state index contributed by atoms with van der Waals surface area (Å²) in [6.07, 6.45) is 0. The summed E-state index contributed by atoms with van der Waals surface area (Å²) in [6.45, 7) is -0.114. The predicted octanol–water partition coefficient (Wildman–Crippen LogP) is 4.28. The highest BCUT2D eigenvalue weighted by molar-refractivity contribution is 9.10. The van der Waals surface area contributed by atoms with Gasteiger partial charge in [-0.15, -0.1) is 0 Å². The monoisotopic (exact) mass is 329 g/mol. The minimum atomic E-state index is -0.114. The standard InChI is InChI=1S/C16H12BrNO2/c17-14-7-3-4-8-15(14)20-16-13-6-2-1-5-11(13)9-12(10-19)18-16/h1-9,19H,10H2. The van der Waals surface area contributed by atoms with E-state index in [0.717, 1.165) is 15.2 Å². The van der Waals surface area contributed by atoms with Gasteiger partial charge in [-0.25, -0.2) is 4.98 Å². The van der Waals surface area contributed by atoms with Crippen molar-refractivity contribution in [2.24, 2.45) is 0 Å². The maximum Gasteiger partial charge on any atom is 0.227 e. The van der Waals surface area contributed by atoms with Crippen molar-refractivity contribution >= 4 is 26.7 Å². The first-order valence-electron chi connectivity index (χ1n) is 6.20. The van der Waals surface area contributed by atoms with Crippen molar-refractivity contribution in [1.82, 2.24) is 4.98 Å². The zero-order valence-electron chi connectivity index (χ0n) is 10.6. The average molecular weight is 330 g/mol. The third-order valence-electron chi connectivity index (χ3n) is 2.96. The van der Waals surface area contributed by atoms with E-state index in [9.17, 15) is 5.11 Å². The van der Waals surface area contributed by atoms with Crippen LogP contribution >= 0.6 is 15.9 Å². The Labute approximate surface area is 125 Å². The summed E-state index contributed by atoms with van der Waals surface area (Å²) in [5.74, 6) is 1.19. The molecule has 100 valence electrons. The number of pyridine rings is 1. The Kier molecular flexibility index (Phi) is 3.67. The van der Waals surface area contributed by atoms with Gasteiger partial charge in [0.1, 0.15) is 5.75 Å². The molecule has 0 aliphatic carbocycles. The van der Waals surface area contributed by atoms with Crippen molar-refractivity contribution in [3.05, 3.63) is 64.8 Å². The molecule has 0 spiro atoms. The summed E-state index contributed by atoms with van der Waals surface area (Å²) in [5.41, 5.74) is 0.589. The normalized spacial score (nSPS) is 10.7. The molecule has 3 rings (SSSR count). The van der Waals surface area contributed by atoms with Crippen LogP contribution in [0.25, 0.3) is 10.8 Å². The average Bonchev–Trinajstić information content (AvgIpc) is 2.49. The van der Waals surface area contributed by atoms with Gasteiger partial charge in [-0.3, -0.25) is 0 Å². The molecule has 3 aromatic rings. The Morgan fingerprint density at radius 2 is 1.80 bits per heavy atom. The second kappa shape index (κ2) is 5.61. The molecule has 4 heteroatoms. The molecule has 0 amide bonds. The molecule has 2 aromatic carbocycles. The van der Waals surface area contributed by atoms with Gasteiger partial charge in [0.2, 0.25) is 5.88 Å². The van der Waals surface area contributed by atoms with Gasteiger partial charge in [0.05, 0.1) is 16.8 Å². The fraction of sp³-hybridized carbons (Fsp3) is 0.0625. The lowest BCUT2D eigenvalue weighted by molar-refractivity contribution is 0.275. The van der Waals surface area contributed by atoms with Crippen LogP contribution in [0.1, 0.15) is 5.69 Å². The Morgan fingerprint density at radius 3 is 2.60 bits per heavy atom. The van der Waals surface area contributed by atoms with E-state index in [1.807, 2.05) is 54.6 Å². The van der Waals surface area contributed by atoms with Crippen LogP contribution in [-0.2, 0) is 6.61 Å². The molecule has 0 fully saturated rings. The number of rotatable bonds is 3. The molecule has 1 N–H and O–H groups in total. The molecular weight excluding hydrogens is 318 g/mol. The summed E-state index contributed by atoms with van der Waals surface area (Å²) in [5, 5.41) is 11.2. The lowest BCUT2D eigenvalue weighted by Gasteiger charge is -2.10. The van der Waals surface area contributed by atoms with E-state index in [2.05, 4.69) is 20.9 Å². The fourth-order valence-electron chi connectivity index (χ4n) is 2.01. The number of aliphatic hydroxyl groups excluding tert-OH is 1. The minimum Gasteiger partial charge on any atom is -0.437 e. The first-order chi connectivity index (χ1) is 9.78. The molecule has 1 heterocycles. The summed E-state index contributed by atoms with van der Waals surface area (Å²) < 4.78 is 6.76. The predicted molar refractivity (Wildman–Crippen MR) is 81.9 cm³/mol. The lowest BCUT2D eigenvalue weighted by Crippen LogP contribution is -1.95. The molecule has 0 aliphatic heterocycles. The molecular formula is C16H12BrNO2. The van der Waals surface area contributed by atoms with Gasteiger partial charge in [0, 0.05) is 5.39 Å². The highest BCUT2D eigenvalue weighted by atomic mass is 79.9. The number of nitrogens with zero attached hydrogens (tertiary/aromatic N) is 1. The van der Waals surface area contributed by atoms with Gasteiger partial charge in [0.15, 0.2) is 0 Å². The number of ether oxygens (including phenoxy) is 1. The van der Waals surface area contributed by atoms with Crippen molar-refractivity contribution in [1.29, 1.82) is 0 Å². The van der Waals surface area contributed by atoms with Gasteiger partial charge in [-0.1, -0.05) is 30.3 Å². The second-order valence-corrected chi connectivity index (χ2v) is 5.18. The lowest BCUT2D eigenvalue weighted by atomic mass is 10.1. The van der Waals surface area contributed by atoms with E-state index in [1.165, 1.54) is 0 Å². The first kappa shape index (κ1) is 13.1. The molecule has 1 aromatic heterocycles. The number of aliphatic hydroxyl groups is 1. The highest BCUT2D eigenvalue weighted by Crippen LogP contribution is 2.32. The third-order valence-corrected chi connectivity index (χ3v) is 3.62. The van der Waals surface area contributed by atoms with E-state index >= 15 is 0 Å². The molecule has 0 saturated carbocycles. The quantitative estimate of drug-likeness (QED) is 0.779. The van der Waals surface area contributed by atoms with Gasteiger partial charge in [-0.05, 0) is 45.6 Å². The van der Waals surface area contributed by atoms with Crippen molar-refractivity contribution in [2.75, 3.05) is 0 Å². The SMILES string of the molecule is OCc1cc2ccccc2c(Oc2ccccc2Br)n1. The van der Waals surface area contributed by atoms with Crippen LogP contribution in [0.5, 0.6) is 11.6 Å². The van der Waals surface area contributed by atoms with Crippen molar-refractivity contribution < 1.29 is 9.84 Å². The summed E-state index contributed by atoms with van der Waals surface area (Å²) in [6, 6.07) is 17.3. The van der Waals surface area contributed by atoms with E-state index < -0.39 is 0 Å². The molecule has 0 unspecified atom stereocenters. The maximum absolute atomic E-state index is 9.31. The van der Waals surface area contributed by atoms with E-state index in [-0.39, 0.29) is 6.61 Å². The number of aromatic nitrogens is 1. The molecule has 3 nitrogen and oxygen atoms in total. The van der Waals surface area contributed by atoms with E-state index in [1.54, 1.807) is 0 Å². The van der Waals surface area contributed by atoms with Crippen LogP contribution < -0.4 is 4.74 Å². The van der Waals surface area contributed by atoms with Crippen LogP contribution in [-0.4, -0.2) is 10.1 Å².